The fraction of sp³-hybridized carbons (Fsp3) is 0.0800. The van der Waals surface area contributed by atoms with Gasteiger partial charge in [-0.1, -0.05) is 78.4 Å². The van der Waals surface area contributed by atoms with Gasteiger partial charge in [-0.25, -0.2) is 4.99 Å². The van der Waals surface area contributed by atoms with Crippen molar-refractivity contribution in [1.29, 1.82) is 0 Å². The molecule has 0 atom stereocenters. The van der Waals surface area contributed by atoms with Crippen molar-refractivity contribution in [1.82, 2.24) is 0 Å². The van der Waals surface area contributed by atoms with E-state index in [1.807, 2.05) is 72.8 Å². The first-order valence-corrected chi connectivity index (χ1v) is 9.35. The second-order valence-corrected chi connectivity index (χ2v) is 6.52. The minimum Gasteiger partial charge on any atom is -0.396 e. The largest absolute Gasteiger partial charge is 0.396 e. The summed E-state index contributed by atoms with van der Waals surface area (Å²) in [5, 5.41) is 3.34. The van der Waals surface area contributed by atoms with Crippen LogP contribution in [0, 0.1) is 0 Å². The molecule has 0 fully saturated rings. The Bertz CT molecular complexity index is 956. The molecule has 0 unspecified atom stereocenters. The Balaban J connectivity index is 1.83. The molecule has 0 saturated carbocycles. The maximum atomic E-state index is 6.41. The molecule has 0 spiro atoms. The first-order valence-electron chi connectivity index (χ1n) is 9.35. The maximum Gasteiger partial charge on any atom is 0.154 e. The van der Waals surface area contributed by atoms with Crippen LogP contribution in [-0.2, 0) is 6.42 Å². The smallest absolute Gasteiger partial charge is 0.154 e. The lowest BCUT2D eigenvalue weighted by Crippen LogP contribution is -2.20. The summed E-state index contributed by atoms with van der Waals surface area (Å²) in [5.74, 6) is 0.630. The molecule has 0 radical (unpaired) electrons. The molecular weight excluding hydrogens is 342 g/mol. The average molecular weight is 367 g/mol. The van der Waals surface area contributed by atoms with E-state index in [0.29, 0.717) is 11.5 Å². The monoisotopic (exact) mass is 367 g/mol. The van der Waals surface area contributed by atoms with E-state index < -0.39 is 0 Å². The summed E-state index contributed by atoms with van der Waals surface area (Å²) >= 11 is 0. The number of aliphatic imine (C=N–C) groups is 1. The highest BCUT2D eigenvalue weighted by molar-refractivity contribution is 6.08. The Kier molecular flexibility index (Phi) is 6.80. The minimum absolute atomic E-state index is 0.592. The Morgan fingerprint density at radius 3 is 2.07 bits per heavy atom. The molecule has 0 bridgehead atoms. The third-order valence-corrected chi connectivity index (χ3v) is 4.19. The van der Waals surface area contributed by atoms with Crippen molar-refractivity contribution < 1.29 is 0 Å². The van der Waals surface area contributed by atoms with E-state index in [0.717, 1.165) is 23.4 Å². The highest BCUT2D eigenvalue weighted by Gasteiger charge is 2.05. The summed E-state index contributed by atoms with van der Waals surface area (Å²) < 4.78 is 0. The zero-order valence-corrected chi connectivity index (χ0v) is 16.0. The molecule has 0 aliphatic carbocycles. The standard InChI is InChI=1S/C25H25N3/c1-20(17-18-21-11-5-2-6-12-21)19-24(26)25(27-22-13-7-3-8-14-22)28-23-15-9-4-10-16-23/h2-17,19H,18,26H2,1H3,(H,27,28)/b20-17-,24-19-. The molecule has 0 aliphatic heterocycles. The van der Waals surface area contributed by atoms with Crippen LogP contribution in [0.1, 0.15) is 12.5 Å². The number of nitrogens with one attached hydrogen (secondary N) is 1. The van der Waals surface area contributed by atoms with E-state index in [1.165, 1.54) is 5.56 Å². The first kappa shape index (κ1) is 19.2. The normalized spacial score (nSPS) is 12.7. The number of para-hydroxylation sites is 2. The van der Waals surface area contributed by atoms with Gasteiger partial charge in [0.25, 0.3) is 0 Å². The average Bonchev–Trinajstić information content (AvgIpc) is 2.74. The van der Waals surface area contributed by atoms with Gasteiger partial charge in [0.1, 0.15) is 0 Å². The van der Waals surface area contributed by atoms with Gasteiger partial charge in [0.15, 0.2) is 5.84 Å². The fourth-order valence-electron chi connectivity index (χ4n) is 2.72. The zero-order chi connectivity index (χ0) is 19.6. The Labute approximate surface area is 167 Å². The van der Waals surface area contributed by atoms with Crippen LogP contribution in [0.5, 0.6) is 0 Å². The number of allylic oxidation sites excluding steroid dienone is 3. The van der Waals surface area contributed by atoms with Crippen LogP contribution in [0.15, 0.2) is 119 Å². The van der Waals surface area contributed by atoms with E-state index in [1.54, 1.807) is 0 Å². The summed E-state index contributed by atoms with van der Waals surface area (Å²) in [4.78, 5) is 4.71. The third kappa shape index (κ3) is 5.99. The number of anilines is 1. The summed E-state index contributed by atoms with van der Waals surface area (Å²) in [6.07, 6.45) is 5.00. The minimum atomic E-state index is 0.592. The van der Waals surface area contributed by atoms with Gasteiger partial charge in [0.05, 0.1) is 11.4 Å². The van der Waals surface area contributed by atoms with Crippen molar-refractivity contribution in [3.63, 3.8) is 0 Å². The topological polar surface area (TPSA) is 50.4 Å². The second kappa shape index (κ2) is 9.93. The Morgan fingerprint density at radius 1 is 0.857 bits per heavy atom. The molecule has 140 valence electrons. The summed E-state index contributed by atoms with van der Waals surface area (Å²) in [6.45, 7) is 2.05. The molecule has 0 amide bonds. The van der Waals surface area contributed by atoms with Crippen LogP contribution in [0.4, 0.5) is 11.4 Å². The zero-order valence-electron chi connectivity index (χ0n) is 16.0. The molecule has 28 heavy (non-hydrogen) atoms. The van der Waals surface area contributed by atoms with Gasteiger partial charge in [-0.2, -0.15) is 0 Å². The Hall–Kier alpha value is -3.59. The summed E-state index contributed by atoms with van der Waals surface area (Å²) in [6, 6.07) is 30.1. The lowest BCUT2D eigenvalue weighted by molar-refractivity contribution is 1.23. The maximum absolute atomic E-state index is 6.41. The van der Waals surface area contributed by atoms with Crippen molar-refractivity contribution in [3.8, 4) is 0 Å². The molecule has 0 saturated heterocycles. The number of amidine groups is 1. The van der Waals surface area contributed by atoms with Gasteiger partial charge in [-0.05, 0) is 49.2 Å². The van der Waals surface area contributed by atoms with Crippen molar-refractivity contribution >= 4 is 17.2 Å². The van der Waals surface area contributed by atoms with Crippen molar-refractivity contribution in [2.45, 2.75) is 13.3 Å². The van der Waals surface area contributed by atoms with Crippen LogP contribution in [0.3, 0.4) is 0 Å². The van der Waals surface area contributed by atoms with Crippen LogP contribution < -0.4 is 11.1 Å². The van der Waals surface area contributed by atoms with E-state index >= 15 is 0 Å². The van der Waals surface area contributed by atoms with E-state index in [-0.39, 0.29) is 0 Å². The summed E-state index contributed by atoms with van der Waals surface area (Å²) in [7, 11) is 0. The predicted molar refractivity (Wildman–Crippen MR) is 120 cm³/mol. The van der Waals surface area contributed by atoms with Crippen LogP contribution in [-0.4, -0.2) is 5.84 Å². The fourth-order valence-corrected chi connectivity index (χ4v) is 2.72. The lowest BCUT2D eigenvalue weighted by atomic mass is 10.1. The van der Waals surface area contributed by atoms with Gasteiger partial charge >= 0.3 is 0 Å². The number of nitrogens with zero attached hydrogens (tertiary/aromatic N) is 1. The van der Waals surface area contributed by atoms with E-state index in [9.17, 15) is 0 Å². The van der Waals surface area contributed by atoms with Crippen molar-refractivity contribution in [3.05, 3.63) is 120 Å². The molecule has 3 heteroatoms. The number of nitrogens with two attached hydrogens (primary N) is 1. The number of hydrogen-bond acceptors (Lipinski definition) is 2. The quantitative estimate of drug-likeness (QED) is 0.326. The third-order valence-electron chi connectivity index (χ3n) is 4.19. The van der Waals surface area contributed by atoms with Gasteiger partial charge in [-0.15, -0.1) is 0 Å². The molecule has 3 rings (SSSR count). The highest BCUT2D eigenvalue weighted by atomic mass is 15.0. The molecular formula is C25H25N3. The SMILES string of the molecule is CC(=C/Cc1ccccc1)/C=C(\N)C(=Nc1ccccc1)Nc1ccccc1. The van der Waals surface area contributed by atoms with E-state index in [4.69, 9.17) is 10.7 Å². The molecule has 0 heterocycles. The predicted octanol–water partition coefficient (Wildman–Crippen LogP) is 5.86. The molecule has 3 aromatic rings. The van der Waals surface area contributed by atoms with Crippen molar-refractivity contribution in [2.24, 2.45) is 10.7 Å². The van der Waals surface area contributed by atoms with E-state index in [2.05, 4.69) is 42.6 Å². The van der Waals surface area contributed by atoms with Gasteiger partial charge in [0, 0.05) is 5.69 Å². The second-order valence-electron chi connectivity index (χ2n) is 6.52. The highest BCUT2D eigenvalue weighted by Crippen LogP contribution is 2.15. The van der Waals surface area contributed by atoms with Gasteiger partial charge < -0.3 is 11.1 Å². The molecule has 3 N–H and O–H groups in total. The van der Waals surface area contributed by atoms with Gasteiger partial charge in [0.2, 0.25) is 0 Å². The molecule has 3 nitrogen and oxygen atoms in total. The lowest BCUT2D eigenvalue weighted by Gasteiger charge is -2.11. The number of rotatable bonds is 6. The number of benzene rings is 3. The van der Waals surface area contributed by atoms with Gasteiger partial charge in [-0.3, -0.25) is 0 Å². The first-order chi connectivity index (χ1) is 13.7. The Morgan fingerprint density at radius 2 is 1.43 bits per heavy atom. The van der Waals surface area contributed by atoms with Crippen LogP contribution >= 0.6 is 0 Å². The van der Waals surface area contributed by atoms with Crippen molar-refractivity contribution in [2.75, 3.05) is 5.32 Å². The molecule has 3 aromatic carbocycles. The van der Waals surface area contributed by atoms with Crippen LogP contribution in [0.25, 0.3) is 0 Å². The molecule has 0 aliphatic rings. The number of hydrogen-bond donors (Lipinski definition) is 2. The molecule has 0 aromatic heterocycles. The van der Waals surface area contributed by atoms with Crippen LogP contribution in [0.2, 0.25) is 0 Å². The summed E-state index contributed by atoms with van der Waals surface area (Å²) in [5.41, 5.74) is 11.2.